The van der Waals surface area contributed by atoms with Gasteiger partial charge in [-0.15, -0.1) is 0 Å². The first-order valence-corrected chi connectivity index (χ1v) is 11.0. The van der Waals surface area contributed by atoms with Crippen LogP contribution in [0.25, 0.3) is 11.3 Å². The van der Waals surface area contributed by atoms with Gasteiger partial charge in [-0.25, -0.2) is 9.07 Å². The molecule has 7 nitrogen and oxygen atoms in total. The number of hydrogen-bond donors (Lipinski definition) is 0. The molecular weight excluding hydrogens is 449 g/mol. The molecule has 0 unspecified atom stereocenters. The van der Waals surface area contributed by atoms with Gasteiger partial charge in [-0.05, 0) is 36.4 Å². The van der Waals surface area contributed by atoms with Gasteiger partial charge in [0.25, 0.3) is 5.91 Å². The van der Waals surface area contributed by atoms with E-state index in [1.165, 1.54) is 18.4 Å². The summed E-state index contributed by atoms with van der Waals surface area (Å²) in [5, 5.41) is 4.68. The molecule has 0 aliphatic carbocycles. The molecule has 5 aromatic rings. The fourth-order valence-corrected chi connectivity index (χ4v) is 3.83. The molecule has 3 heterocycles. The average molecular weight is 471 g/mol. The molecule has 0 bridgehead atoms. The molecule has 0 radical (unpaired) electrons. The molecule has 176 valence electrons. The number of aromatic nitrogens is 2. The summed E-state index contributed by atoms with van der Waals surface area (Å²) in [4.78, 5) is 15.0. The molecule has 0 N–H and O–H groups in total. The number of carbonyl (C=O) groups excluding carboxylic acids is 1. The molecule has 0 aliphatic rings. The lowest BCUT2D eigenvalue weighted by molar-refractivity contribution is 0.0684. The van der Waals surface area contributed by atoms with Crippen LogP contribution < -0.4 is 4.74 Å². The van der Waals surface area contributed by atoms with E-state index in [1.54, 1.807) is 59.3 Å². The number of aryl methyl sites for hydroxylation is 1. The molecule has 35 heavy (non-hydrogen) atoms. The molecule has 5 rings (SSSR count). The lowest BCUT2D eigenvalue weighted by atomic mass is 10.1. The Bertz CT molecular complexity index is 1410. The predicted molar refractivity (Wildman–Crippen MR) is 126 cm³/mol. The lowest BCUT2D eigenvalue weighted by Gasteiger charge is -2.21. The van der Waals surface area contributed by atoms with E-state index in [-0.39, 0.29) is 24.8 Å². The van der Waals surface area contributed by atoms with Crippen molar-refractivity contribution in [1.29, 1.82) is 0 Å². The molecular formula is C27H22FN3O4. The van der Waals surface area contributed by atoms with Crippen LogP contribution in [0.3, 0.4) is 0 Å². The maximum Gasteiger partial charge on any atom is 0.290 e. The molecule has 0 saturated heterocycles. The summed E-state index contributed by atoms with van der Waals surface area (Å²) in [6.45, 7) is 0.345. The molecule has 8 heteroatoms. The van der Waals surface area contributed by atoms with Crippen molar-refractivity contribution in [3.8, 4) is 22.9 Å². The first-order chi connectivity index (χ1) is 17.1. The number of ether oxygens (including phenoxy) is 1. The SMILES string of the molecule is Cn1nc(-c2ccccc2)c(CN(Cc2ccco2)C(=O)c2ccco2)c1Oc1cccc(F)c1. The van der Waals surface area contributed by atoms with Crippen LogP contribution in [0.5, 0.6) is 11.6 Å². The van der Waals surface area contributed by atoms with E-state index < -0.39 is 5.82 Å². The van der Waals surface area contributed by atoms with E-state index in [1.807, 2.05) is 30.3 Å². The van der Waals surface area contributed by atoms with Crippen molar-refractivity contribution in [2.24, 2.45) is 7.05 Å². The minimum atomic E-state index is -0.415. The predicted octanol–water partition coefficient (Wildman–Crippen LogP) is 6.05. The van der Waals surface area contributed by atoms with Gasteiger partial charge in [-0.3, -0.25) is 4.79 Å². The molecule has 0 aliphatic heterocycles. The monoisotopic (exact) mass is 471 g/mol. The summed E-state index contributed by atoms with van der Waals surface area (Å²) in [7, 11) is 1.75. The highest BCUT2D eigenvalue weighted by molar-refractivity contribution is 5.91. The number of benzene rings is 2. The quantitative estimate of drug-likeness (QED) is 0.276. The Labute approximate surface area is 201 Å². The Morgan fingerprint density at radius 1 is 0.971 bits per heavy atom. The molecule has 2 aromatic carbocycles. The normalized spacial score (nSPS) is 10.9. The summed E-state index contributed by atoms with van der Waals surface area (Å²) >= 11 is 0. The summed E-state index contributed by atoms with van der Waals surface area (Å²) < 4.78 is 32.4. The van der Waals surface area contributed by atoms with Crippen LogP contribution in [0.1, 0.15) is 21.9 Å². The zero-order valence-corrected chi connectivity index (χ0v) is 18.9. The highest BCUT2D eigenvalue weighted by Crippen LogP contribution is 2.35. The highest BCUT2D eigenvalue weighted by atomic mass is 19.1. The molecule has 0 spiro atoms. The molecule has 0 atom stereocenters. The summed E-state index contributed by atoms with van der Waals surface area (Å²) in [5.74, 6) is 0.805. The van der Waals surface area contributed by atoms with Crippen LogP contribution in [0.4, 0.5) is 4.39 Å². The van der Waals surface area contributed by atoms with E-state index in [4.69, 9.17) is 13.6 Å². The van der Waals surface area contributed by atoms with Gasteiger partial charge >= 0.3 is 0 Å². The van der Waals surface area contributed by atoms with E-state index in [9.17, 15) is 9.18 Å². The van der Waals surface area contributed by atoms with Gasteiger partial charge < -0.3 is 18.5 Å². The van der Waals surface area contributed by atoms with Crippen LogP contribution in [-0.2, 0) is 20.1 Å². The van der Waals surface area contributed by atoms with Crippen molar-refractivity contribution in [1.82, 2.24) is 14.7 Å². The number of hydrogen-bond acceptors (Lipinski definition) is 5. The van der Waals surface area contributed by atoms with E-state index in [0.717, 1.165) is 5.56 Å². The number of nitrogens with zero attached hydrogens (tertiary/aromatic N) is 3. The molecule has 0 fully saturated rings. The zero-order valence-electron chi connectivity index (χ0n) is 18.9. The van der Waals surface area contributed by atoms with Gasteiger partial charge in [0.05, 0.1) is 31.2 Å². The Kier molecular flexibility index (Phi) is 6.17. The van der Waals surface area contributed by atoms with Crippen LogP contribution in [0.2, 0.25) is 0 Å². The number of halogens is 1. The first kappa shape index (κ1) is 22.2. The molecule has 1 amide bonds. The van der Waals surface area contributed by atoms with Gasteiger partial charge in [-0.1, -0.05) is 36.4 Å². The third-order valence-electron chi connectivity index (χ3n) is 5.44. The van der Waals surface area contributed by atoms with E-state index in [0.29, 0.717) is 28.6 Å². The van der Waals surface area contributed by atoms with Crippen molar-refractivity contribution < 1.29 is 22.8 Å². The van der Waals surface area contributed by atoms with Crippen LogP contribution in [0.15, 0.2) is 100 Å². The number of furan rings is 2. The maximum absolute atomic E-state index is 13.8. The summed E-state index contributed by atoms with van der Waals surface area (Å²) in [6, 6.07) is 22.3. The first-order valence-electron chi connectivity index (χ1n) is 11.0. The topological polar surface area (TPSA) is 73.6 Å². The minimum Gasteiger partial charge on any atom is -0.467 e. The third kappa shape index (κ3) is 4.86. The second kappa shape index (κ2) is 9.72. The van der Waals surface area contributed by atoms with Crippen LogP contribution >= 0.6 is 0 Å². The van der Waals surface area contributed by atoms with Gasteiger partial charge in [-0.2, -0.15) is 5.10 Å². The van der Waals surface area contributed by atoms with Crippen molar-refractivity contribution >= 4 is 5.91 Å². The molecule has 0 saturated carbocycles. The van der Waals surface area contributed by atoms with Crippen molar-refractivity contribution in [2.75, 3.05) is 0 Å². The van der Waals surface area contributed by atoms with Crippen molar-refractivity contribution in [2.45, 2.75) is 13.1 Å². The van der Waals surface area contributed by atoms with Crippen molar-refractivity contribution in [3.05, 3.63) is 114 Å². The average Bonchev–Trinajstić information content (AvgIpc) is 3.63. The van der Waals surface area contributed by atoms with Gasteiger partial charge in [0.1, 0.15) is 23.0 Å². The van der Waals surface area contributed by atoms with Gasteiger partial charge in [0, 0.05) is 18.7 Å². The highest BCUT2D eigenvalue weighted by Gasteiger charge is 2.27. The van der Waals surface area contributed by atoms with E-state index >= 15 is 0 Å². The Balaban J connectivity index is 1.58. The fraction of sp³-hybridized carbons (Fsp3) is 0.111. The fourth-order valence-electron chi connectivity index (χ4n) is 3.83. The minimum absolute atomic E-state index is 0.142. The maximum atomic E-state index is 13.8. The third-order valence-corrected chi connectivity index (χ3v) is 5.44. The van der Waals surface area contributed by atoms with Gasteiger partial charge in [0.2, 0.25) is 5.88 Å². The second-order valence-corrected chi connectivity index (χ2v) is 7.90. The van der Waals surface area contributed by atoms with Crippen LogP contribution in [-0.4, -0.2) is 20.6 Å². The van der Waals surface area contributed by atoms with Crippen molar-refractivity contribution in [3.63, 3.8) is 0 Å². The number of rotatable bonds is 8. The summed E-state index contributed by atoms with van der Waals surface area (Å²) in [5.41, 5.74) is 2.17. The Morgan fingerprint density at radius 3 is 2.49 bits per heavy atom. The summed E-state index contributed by atoms with van der Waals surface area (Å²) in [6.07, 6.45) is 3.01. The molecule has 3 aromatic heterocycles. The largest absolute Gasteiger partial charge is 0.467 e. The van der Waals surface area contributed by atoms with Gasteiger partial charge in [0.15, 0.2) is 5.76 Å². The zero-order chi connectivity index (χ0) is 24.2. The Hall–Kier alpha value is -4.59. The smallest absolute Gasteiger partial charge is 0.290 e. The van der Waals surface area contributed by atoms with Crippen LogP contribution in [0, 0.1) is 5.82 Å². The standard InChI is InChI=1S/C27H22FN3O4/c1-30-27(35-21-11-5-10-20(28)16-21)23(25(29-30)19-8-3-2-4-9-19)18-31(17-22-12-6-14-33-22)26(32)24-13-7-15-34-24/h2-16H,17-18H2,1H3. The lowest BCUT2D eigenvalue weighted by Crippen LogP contribution is -2.30. The Morgan fingerprint density at radius 2 is 1.77 bits per heavy atom. The number of carbonyl (C=O) groups is 1. The second-order valence-electron chi connectivity index (χ2n) is 7.90. The number of amides is 1. The van der Waals surface area contributed by atoms with E-state index in [2.05, 4.69) is 5.10 Å².